The van der Waals surface area contributed by atoms with Gasteiger partial charge in [0.25, 0.3) is 0 Å². The highest BCUT2D eigenvalue weighted by molar-refractivity contribution is 5.80. The minimum Gasteiger partial charge on any atom is -0.379 e. The molecule has 3 saturated heterocycles. The van der Waals surface area contributed by atoms with E-state index in [2.05, 4.69) is 50.4 Å². The molecule has 0 aromatic heterocycles. The maximum absolute atomic E-state index is 6.04. The van der Waals surface area contributed by atoms with Gasteiger partial charge in [-0.3, -0.25) is 9.89 Å². The summed E-state index contributed by atoms with van der Waals surface area (Å²) in [6.07, 6.45) is 2.54. The summed E-state index contributed by atoms with van der Waals surface area (Å²) in [6, 6.07) is 10.6. The number of hydrogen-bond acceptors (Lipinski definition) is 4. The van der Waals surface area contributed by atoms with Gasteiger partial charge in [0.05, 0.1) is 19.3 Å². The molecule has 6 nitrogen and oxygen atoms in total. The van der Waals surface area contributed by atoms with Crippen LogP contribution in [0.3, 0.4) is 0 Å². The minimum absolute atomic E-state index is 0.194. The van der Waals surface area contributed by atoms with Crippen LogP contribution in [0, 0.1) is 11.8 Å². The fraction of sp³-hybridized carbons (Fsp3) is 0.682. The second-order valence-electron chi connectivity index (χ2n) is 8.19. The number of guanidine groups is 1. The number of morpholine rings is 1. The van der Waals surface area contributed by atoms with Crippen LogP contribution in [0.15, 0.2) is 35.3 Å². The van der Waals surface area contributed by atoms with E-state index in [-0.39, 0.29) is 6.10 Å². The highest BCUT2D eigenvalue weighted by Crippen LogP contribution is 2.34. The van der Waals surface area contributed by atoms with Crippen molar-refractivity contribution >= 4 is 5.96 Å². The number of nitrogens with zero attached hydrogens (tertiary/aromatic N) is 3. The molecule has 3 atom stereocenters. The van der Waals surface area contributed by atoms with Crippen molar-refractivity contribution in [1.82, 2.24) is 15.1 Å². The molecule has 1 aromatic rings. The van der Waals surface area contributed by atoms with Gasteiger partial charge in [-0.25, -0.2) is 0 Å². The van der Waals surface area contributed by atoms with Gasteiger partial charge >= 0.3 is 0 Å². The smallest absolute Gasteiger partial charge is 0.193 e. The fourth-order valence-corrected chi connectivity index (χ4v) is 4.73. The first-order valence-corrected chi connectivity index (χ1v) is 10.8. The molecule has 1 N–H and O–H groups in total. The fourth-order valence-electron chi connectivity index (χ4n) is 4.73. The maximum atomic E-state index is 6.04. The third-order valence-electron chi connectivity index (χ3n) is 6.28. The molecule has 154 valence electrons. The molecule has 4 rings (SSSR count). The average Bonchev–Trinajstić information content (AvgIpc) is 3.40. The van der Waals surface area contributed by atoms with Crippen LogP contribution in [0.1, 0.15) is 24.5 Å². The molecule has 0 aliphatic carbocycles. The molecule has 3 heterocycles. The molecule has 3 aliphatic rings. The Bertz CT molecular complexity index is 633. The average molecular weight is 387 g/mol. The van der Waals surface area contributed by atoms with Gasteiger partial charge < -0.3 is 19.7 Å². The topological polar surface area (TPSA) is 49.3 Å². The predicted octanol–water partition coefficient (Wildman–Crippen LogP) is 1.99. The predicted molar refractivity (Wildman–Crippen MR) is 112 cm³/mol. The summed E-state index contributed by atoms with van der Waals surface area (Å²) < 4.78 is 11.5. The van der Waals surface area contributed by atoms with E-state index in [0.29, 0.717) is 5.92 Å². The van der Waals surface area contributed by atoms with Crippen LogP contribution < -0.4 is 5.32 Å². The van der Waals surface area contributed by atoms with E-state index >= 15 is 0 Å². The Hall–Kier alpha value is -1.63. The van der Waals surface area contributed by atoms with E-state index in [0.717, 1.165) is 70.8 Å². The second-order valence-corrected chi connectivity index (χ2v) is 8.19. The van der Waals surface area contributed by atoms with Crippen molar-refractivity contribution in [1.29, 1.82) is 0 Å². The number of nitrogens with one attached hydrogen (secondary N) is 1. The van der Waals surface area contributed by atoms with Crippen LogP contribution in [0.25, 0.3) is 0 Å². The number of hydrogen-bond donors (Lipinski definition) is 1. The van der Waals surface area contributed by atoms with Gasteiger partial charge in [-0.05, 0) is 24.3 Å². The Morgan fingerprint density at radius 2 is 1.93 bits per heavy atom. The van der Waals surface area contributed by atoms with Crippen LogP contribution in [-0.4, -0.2) is 81.9 Å². The molecule has 0 radical (unpaired) electrons. The standard InChI is InChI=1S/C22H34N4O2/c1-23-22(26-9-7-18(17-26)16-25-10-13-27-14-11-25)24-15-20-8-12-28-21(20)19-5-3-2-4-6-19/h2-6,18,20-21H,7-17H2,1H3,(H,23,24). The van der Waals surface area contributed by atoms with Crippen molar-refractivity contribution in [2.24, 2.45) is 16.8 Å². The number of rotatable bonds is 5. The molecular formula is C22H34N4O2. The number of likely N-dealkylation sites (tertiary alicyclic amines) is 1. The highest BCUT2D eigenvalue weighted by Gasteiger charge is 2.31. The third-order valence-corrected chi connectivity index (χ3v) is 6.28. The van der Waals surface area contributed by atoms with E-state index in [4.69, 9.17) is 9.47 Å². The first-order valence-electron chi connectivity index (χ1n) is 10.8. The van der Waals surface area contributed by atoms with Crippen LogP contribution in [-0.2, 0) is 9.47 Å². The molecular weight excluding hydrogens is 352 g/mol. The van der Waals surface area contributed by atoms with Crippen molar-refractivity contribution < 1.29 is 9.47 Å². The normalized spacial score (nSPS) is 29.4. The van der Waals surface area contributed by atoms with Crippen LogP contribution >= 0.6 is 0 Å². The summed E-state index contributed by atoms with van der Waals surface area (Å²) in [5.74, 6) is 2.26. The Balaban J connectivity index is 1.27. The van der Waals surface area contributed by atoms with E-state index < -0.39 is 0 Å². The van der Waals surface area contributed by atoms with Gasteiger partial charge in [0.1, 0.15) is 0 Å². The molecule has 28 heavy (non-hydrogen) atoms. The van der Waals surface area contributed by atoms with E-state index in [1.165, 1.54) is 18.5 Å². The van der Waals surface area contributed by atoms with Crippen molar-refractivity contribution in [2.45, 2.75) is 18.9 Å². The minimum atomic E-state index is 0.194. The van der Waals surface area contributed by atoms with Gasteiger partial charge in [0.2, 0.25) is 0 Å². The molecule has 0 amide bonds. The zero-order valence-electron chi connectivity index (χ0n) is 17.1. The van der Waals surface area contributed by atoms with E-state index in [1.54, 1.807) is 0 Å². The first-order chi connectivity index (χ1) is 13.8. The number of benzene rings is 1. The van der Waals surface area contributed by atoms with Gasteiger partial charge in [-0.1, -0.05) is 30.3 Å². The van der Waals surface area contributed by atoms with E-state index in [9.17, 15) is 0 Å². The van der Waals surface area contributed by atoms with Crippen LogP contribution in [0.2, 0.25) is 0 Å². The quantitative estimate of drug-likeness (QED) is 0.620. The summed E-state index contributed by atoms with van der Waals surface area (Å²) in [5, 5.41) is 3.64. The zero-order valence-corrected chi connectivity index (χ0v) is 17.1. The lowest BCUT2D eigenvalue weighted by Gasteiger charge is -2.29. The monoisotopic (exact) mass is 386 g/mol. The molecule has 3 fully saturated rings. The van der Waals surface area contributed by atoms with E-state index in [1.807, 2.05) is 7.05 Å². The Morgan fingerprint density at radius 1 is 1.11 bits per heavy atom. The summed E-state index contributed by atoms with van der Waals surface area (Å²) in [7, 11) is 1.90. The van der Waals surface area contributed by atoms with Crippen molar-refractivity contribution in [3.8, 4) is 0 Å². The highest BCUT2D eigenvalue weighted by atomic mass is 16.5. The van der Waals surface area contributed by atoms with Crippen molar-refractivity contribution in [3.63, 3.8) is 0 Å². The van der Waals surface area contributed by atoms with Crippen molar-refractivity contribution in [3.05, 3.63) is 35.9 Å². The first kappa shape index (κ1) is 19.7. The molecule has 0 saturated carbocycles. The molecule has 0 bridgehead atoms. The lowest BCUT2D eigenvalue weighted by atomic mass is 9.95. The lowest BCUT2D eigenvalue weighted by molar-refractivity contribution is 0.0315. The summed E-state index contributed by atoms with van der Waals surface area (Å²) in [5.41, 5.74) is 1.29. The molecule has 3 unspecified atom stereocenters. The van der Waals surface area contributed by atoms with Gasteiger partial charge in [0.15, 0.2) is 5.96 Å². The van der Waals surface area contributed by atoms with Crippen LogP contribution in [0.4, 0.5) is 0 Å². The van der Waals surface area contributed by atoms with Gasteiger partial charge in [-0.15, -0.1) is 0 Å². The zero-order chi connectivity index (χ0) is 19.2. The SMILES string of the molecule is CN=C(NCC1CCOC1c1ccccc1)N1CCC(CN2CCOCC2)C1. The third kappa shape index (κ3) is 4.85. The number of ether oxygens (including phenoxy) is 2. The summed E-state index contributed by atoms with van der Waals surface area (Å²) in [6.45, 7) is 9.05. The Kier molecular flexibility index (Phi) is 6.83. The van der Waals surface area contributed by atoms with Crippen molar-refractivity contribution in [2.75, 3.05) is 66.1 Å². The second kappa shape index (κ2) is 9.72. The van der Waals surface area contributed by atoms with Gasteiger partial charge in [-0.2, -0.15) is 0 Å². The number of aliphatic imine (C=N–C) groups is 1. The Morgan fingerprint density at radius 3 is 2.71 bits per heavy atom. The summed E-state index contributed by atoms with van der Waals surface area (Å²) >= 11 is 0. The molecule has 0 spiro atoms. The Labute approximate surface area is 168 Å². The molecule has 3 aliphatic heterocycles. The van der Waals surface area contributed by atoms with Gasteiger partial charge in [0, 0.05) is 58.8 Å². The lowest BCUT2D eigenvalue weighted by Crippen LogP contribution is -2.43. The maximum Gasteiger partial charge on any atom is 0.193 e. The molecule has 6 heteroatoms. The van der Waals surface area contributed by atoms with Crippen LogP contribution in [0.5, 0.6) is 0 Å². The summed E-state index contributed by atoms with van der Waals surface area (Å²) in [4.78, 5) is 9.55. The molecule has 1 aromatic carbocycles. The largest absolute Gasteiger partial charge is 0.379 e.